The zero-order valence-corrected chi connectivity index (χ0v) is 11.0. The minimum atomic E-state index is 0.119. The van der Waals surface area contributed by atoms with E-state index in [1.807, 2.05) is 0 Å². The minimum Gasteiger partial charge on any atom is -0.306 e. The highest BCUT2D eigenvalue weighted by Gasteiger charge is 2.42. The smallest absolute Gasteiger partial charge is 0.178 e. The van der Waals surface area contributed by atoms with Crippen LogP contribution in [0.1, 0.15) is 19.3 Å². The van der Waals surface area contributed by atoms with Crippen LogP contribution in [0, 0.1) is 17.3 Å². The summed E-state index contributed by atoms with van der Waals surface area (Å²) in [6.45, 7) is 2.31. The molecule has 0 aromatic carbocycles. The monoisotopic (exact) mass is 243 g/mol. The number of allylic oxidation sites excluding steroid dienone is 6. The number of hydrogen-bond acceptors (Lipinski definition) is 2. The molecular formula is C16H21NO. The van der Waals surface area contributed by atoms with Crippen molar-refractivity contribution in [3.8, 4) is 0 Å². The molecular weight excluding hydrogens is 222 g/mol. The molecule has 0 aromatic heterocycles. The molecule has 0 radical (unpaired) electrons. The number of carbonyl (C=O) groups excluding carboxylic acids is 1. The molecule has 0 aromatic rings. The van der Waals surface area contributed by atoms with Gasteiger partial charge in [0.1, 0.15) is 0 Å². The van der Waals surface area contributed by atoms with Crippen LogP contribution in [0.3, 0.4) is 0 Å². The summed E-state index contributed by atoms with van der Waals surface area (Å²) in [4.78, 5) is 13.8. The first-order chi connectivity index (χ1) is 8.70. The van der Waals surface area contributed by atoms with Crippen molar-refractivity contribution in [3.05, 3.63) is 36.5 Å². The van der Waals surface area contributed by atoms with Crippen molar-refractivity contribution >= 4 is 5.78 Å². The Balaban J connectivity index is 1.96. The van der Waals surface area contributed by atoms with Crippen LogP contribution in [0.4, 0.5) is 0 Å². The second kappa shape index (κ2) is 4.51. The molecule has 2 atom stereocenters. The van der Waals surface area contributed by atoms with E-state index >= 15 is 0 Å². The van der Waals surface area contributed by atoms with Crippen LogP contribution in [-0.4, -0.2) is 30.8 Å². The van der Waals surface area contributed by atoms with Crippen LogP contribution in [0.25, 0.3) is 0 Å². The number of ketones is 1. The molecule has 2 nitrogen and oxygen atoms in total. The van der Waals surface area contributed by atoms with Crippen LogP contribution in [0.5, 0.6) is 0 Å². The van der Waals surface area contributed by atoms with E-state index in [1.54, 1.807) is 12.2 Å². The fourth-order valence-electron chi connectivity index (χ4n) is 3.79. The van der Waals surface area contributed by atoms with Crippen LogP contribution >= 0.6 is 0 Å². The number of fused-ring (bicyclic) bond motifs is 2. The molecule has 1 spiro atoms. The number of likely N-dealkylation sites (tertiary alicyclic amines) is 1. The summed E-state index contributed by atoms with van der Waals surface area (Å²) in [5, 5.41) is 0. The predicted octanol–water partition coefficient (Wildman–Crippen LogP) is 2.59. The maximum Gasteiger partial charge on any atom is 0.178 e. The number of rotatable bonds is 0. The molecule has 18 heavy (non-hydrogen) atoms. The molecule has 0 N–H and O–H groups in total. The van der Waals surface area contributed by atoms with E-state index in [9.17, 15) is 4.79 Å². The summed E-state index contributed by atoms with van der Waals surface area (Å²) in [5.41, 5.74) is 0.119. The van der Waals surface area contributed by atoms with Gasteiger partial charge in [0.05, 0.1) is 0 Å². The topological polar surface area (TPSA) is 20.3 Å². The lowest BCUT2D eigenvalue weighted by molar-refractivity contribution is -0.110. The van der Waals surface area contributed by atoms with Crippen LogP contribution < -0.4 is 0 Å². The summed E-state index contributed by atoms with van der Waals surface area (Å²) in [5.74, 6) is 1.53. The Labute approximate surface area is 109 Å². The van der Waals surface area contributed by atoms with Crippen molar-refractivity contribution in [1.29, 1.82) is 0 Å². The van der Waals surface area contributed by atoms with Gasteiger partial charge in [-0.1, -0.05) is 24.3 Å². The molecule has 3 aliphatic rings. The van der Waals surface area contributed by atoms with Crippen molar-refractivity contribution in [1.82, 2.24) is 4.90 Å². The first kappa shape index (κ1) is 11.9. The quantitative estimate of drug-likeness (QED) is 0.609. The van der Waals surface area contributed by atoms with Crippen molar-refractivity contribution in [2.45, 2.75) is 19.3 Å². The van der Waals surface area contributed by atoms with Gasteiger partial charge in [-0.3, -0.25) is 4.79 Å². The van der Waals surface area contributed by atoms with Crippen LogP contribution in [0.15, 0.2) is 36.5 Å². The van der Waals surface area contributed by atoms with Gasteiger partial charge in [0.15, 0.2) is 5.78 Å². The molecule has 0 amide bonds. The summed E-state index contributed by atoms with van der Waals surface area (Å²) in [6, 6.07) is 0. The van der Waals surface area contributed by atoms with E-state index in [0.29, 0.717) is 5.92 Å². The zero-order chi connectivity index (χ0) is 12.6. The summed E-state index contributed by atoms with van der Waals surface area (Å²) < 4.78 is 0. The third kappa shape index (κ3) is 1.99. The van der Waals surface area contributed by atoms with Crippen molar-refractivity contribution in [2.24, 2.45) is 17.3 Å². The summed E-state index contributed by atoms with van der Waals surface area (Å²) in [7, 11) is 2.22. The lowest BCUT2D eigenvalue weighted by Gasteiger charge is -2.40. The summed E-state index contributed by atoms with van der Waals surface area (Å²) in [6.07, 6.45) is 16.1. The summed E-state index contributed by atoms with van der Waals surface area (Å²) >= 11 is 0. The van der Waals surface area contributed by atoms with Crippen LogP contribution in [0.2, 0.25) is 0 Å². The average Bonchev–Trinajstić information content (AvgIpc) is 2.52. The molecule has 2 aliphatic carbocycles. The molecule has 0 bridgehead atoms. The van der Waals surface area contributed by atoms with E-state index in [-0.39, 0.29) is 11.2 Å². The van der Waals surface area contributed by atoms with Gasteiger partial charge < -0.3 is 4.90 Å². The Morgan fingerprint density at radius 3 is 2.72 bits per heavy atom. The SMILES string of the molecule is CN1CCC2(C=CC(=O)C=C2)C2CC=CCC2C1. The molecule has 1 saturated heterocycles. The van der Waals surface area contributed by atoms with Crippen molar-refractivity contribution in [2.75, 3.05) is 20.1 Å². The zero-order valence-electron chi connectivity index (χ0n) is 11.0. The lowest BCUT2D eigenvalue weighted by Crippen LogP contribution is -2.35. The first-order valence-electron chi connectivity index (χ1n) is 6.96. The highest BCUT2D eigenvalue weighted by molar-refractivity contribution is 6.00. The van der Waals surface area contributed by atoms with Gasteiger partial charge >= 0.3 is 0 Å². The molecule has 1 fully saturated rings. The Bertz CT molecular complexity index is 416. The maximum atomic E-state index is 11.4. The maximum absolute atomic E-state index is 11.4. The fourth-order valence-corrected chi connectivity index (χ4v) is 3.79. The third-order valence-electron chi connectivity index (χ3n) is 4.84. The van der Waals surface area contributed by atoms with Gasteiger partial charge in [-0.2, -0.15) is 0 Å². The molecule has 1 aliphatic heterocycles. The molecule has 0 saturated carbocycles. The van der Waals surface area contributed by atoms with Gasteiger partial charge in [-0.05, 0) is 56.8 Å². The lowest BCUT2D eigenvalue weighted by atomic mass is 9.63. The highest BCUT2D eigenvalue weighted by Crippen LogP contribution is 2.47. The minimum absolute atomic E-state index is 0.119. The number of hydrogen-bond donors (Lipinski definition) is 0. The normalized spacial score (nSPS) is 34.6. The van der Waals surface area contributed by atoms with Gasteiger partial charge in [-0.15, -0.1) is 0 Å². The Morgan fingerprint density at radius 1 is 1.22 bits per heavy atom. The molecule has 96 valence electrons. The molecule has 2 unspecified atom stereocenters. The first-order valence-corrected chi connectivity index (χ1v) is 6.96. The second-order valence-corrected chi connectivity index (χ2v) is 6.00. The Hall–Kier alpha value is -1.15. The third-order valence-corrected chi connectivity index (χ3v) is 4.84. The van der Waals surface area contributed by atoms with E-state index < -0.39 is 0 Å². The molecule has 2 heteroatoms. The number of carbonyl (C=O) groups is 1. The predicted molar refractivity (Wildman–Crippen MR) is 73.2 cm³/mol. The average molecular weight is 243 g/mol. The largest absolute Gasteiger partial charge is 0.306 e. The van der Waals surface area contributed by atoms with Crippen LogP contribution in [-0.2, 0) is 4.79 Å². The van der Waals surface area contributed by atoms with Gasteiger partial charge in [0, 0.05) is 12.0 Å². The van der Waals surface area contributed by atoms with E-state index in [2.05, 4.69) is 36.3 Å². The Morgan fingerprint density at radius 2 is 1.94 bits per heavy atom. The second-order valence-electron chi connectivity index (χ2n) is 6.00. The van der Waals surface area contributed by atoms with Gasteiger partial charge in [0.2, 0.25) is 0 Å². The molecule has 3 rings (SSSR count). The Kier molecular flexibility index (Phi) is 2.98. The van der Waals surface area contributed by atoms with Gasteiger partial charge in [0.25, 0.3) is 0 Å². The van der Waals surface area contributed by atoms with E-state index in [1.165, 1.54) is 13.0 Å². The van der Waals surface area contributed by atoms with Gasteiger partial charge in [-0.25, -0.2) is 0 Å². The fraction of sp³-hybridized carbons (Fsp3) is 0.562. The van der Waals surface area contributed by atoms with E-state index in [0.717, 1.165) is 25.3 Å². The van der Waals surface area contributed by atoms with Crippen molar-refractivity contribution < 1.29 is 4.79 Å². The standard InChI is InChI=1S/C16H21NO/c1-17-11-10-16(8-6-14(18)7-9-16)15-5-3-2-4-13(15)12-17/h2-3,6-9,13,15H,4-5,10-12H2,1H3. The number of nitrogens with zero attached hydrogens (tertiary/aromatic N) is 1. The van der Waals surface area contributed by atoms with E-state index in [4.69, 9.17) is 0 Å². The highest BCUT2D eigenvalue weighted by atomic mass is 16.1. The molecule has 1 heterocycles. The van der Waals surface area contributed by atoms with Crippen molar-refractivity contribution in [3.63, 3.8) is 0 Å².